The van der Waals surface area contributed by atoms with Crippen molar-refractivity contribution in [3.63, 3.8) is 0 Å². The van der Waals surface area contributed by atoms with E-state index >= 15 is 0 Å². The van der Waals surface area contributed by atoms with Gasteiger partial charge >= 0.3 is 0 Å². The van der Waals surface area contributed by atoms with E-state index in [-0.39, 0.29) is 0 Å². The number of allylic oxidation sites excluding steroid dienone is 1. The summed E-state index contributed by atoms with van der Waals surface area (Å²) in [5.74, 6) is 0. The lowest BCUT2D eigenvalue weighted by Crippen LogP contribution is -1.83. The van der Waals surface area contributed by atoms with Crippen molar-refractivity contribution in [2.24, 2.45) is 4.99 Å². The lowest BCUT2D eigenvalue weighted by Gasteiger charge is -1.99. The minimum atomic E-state index is 0.739. The van der Waals surface area contributed by atoms with E-state index in [0.29, 0.717) is 0 Å². The molecule has 0 heterocycles. The van der Waals surface area contributed by atoms with E-state index in [4.69, 9.17) is 5.41 Å². The smallest absolute Gasteiger partial charge is 0.0354 e. The summed E-state index contributed by atoms with van der Waals surface area (Å²) in [6.45, 7) is 3.35. The summed E-state index contributed by atoms with van der Waals surface area (Å²) in [6.07, 6.45) is 2.81. The topological polar surface area (TPSA) is 36.2 Å². The molecule has 2 nitrogen and oxygen atoms in total. The van der Waals surface area contributed by atoms with E-state index in [1.807, 2.05) is 24.3 Å². The van der Waals surface area contributed by atoms with Gasteiger partial charge < -0.3 is 5.41 Å². The lowest BCUT2D eigenvalue weighted by molar-refractivity contribution is 1.45. The molecule has 1 aromatic carbocycles. The Kier molecular flexibility index (Phi) is 3.46. The molecule has 1 N–H and O–H groups in total. The van der Waals surface area contributed by atoms with Crippen molar-refractivity contribution in [2.45, 2.75) is 4.90 Å². The van der Waals surface area contributed by atoms with E-state index < -0.39 is 0 Å². The number of rotatable bonds is 3. The number of benzene rings is 1. The first-order valence-corrected chi connectivity index (χ1v) is 4.18. The summed E-state index contributed by atoms with van der Waals surface area (Å²) in [5, 5.41) is 7.15. The van der Waals surface area contributed by atoms with Crippen LogP contribution in [0.3, 0.4) is 0 Å². The third-order valence-electron chi connectivity index (χ3n) is 1.59. The quantitative estimate of drug-likeness (QED) is 0.543. The van der Waals surface area contributed by atoms with Gasteiger partial charge in [-0.3, -0.25) is 4.99 Å². The van der Waals surface area contributed by atoms with Crippen molar-refractivity contribution in [1.82, 2.24) is 0 Å². The number of nitrogens with one attached hydrogen (secondary N) is 1. The highest BCUT2D eigenvalue weighted by molar-refractivity contribution is 7.80. The van der Waals surface area contributed by atoms with Crippen LogP contribution in [0.4, 0.5) is 0 Å². The highest BCUT2D eigenvalue weighted by Gasteiger charge is 1.96. The summed E-state index contributed by atoms with van der Waals surface area (Å²) in [5.41, 5.74) is 1.68. The average Bonchev–Trinajstić information content (AvgIpc) is 2.16. The SMILES string of the molecule is C=N/C=C(\C=N)c1ccc(S)cc1. The van der Waals surface area contributed by atoms with Gasteiger partial charge in [-0.05, 0) is 24.4 Å². The van der Waals surface area contributed by atoms with Crippen molar-refractivity contribution in [3.05, 3.63) is 36.0 Å². The maximum Gasteiger partial charge on any atom is 0.0354 e. The van der Waals surface area contributed by atoms with Gasteiger partial charge in [-0.1, -0.05) is 12.1 Å². The summed E-state index contributed by atoms with van der Waals surface area (Å²) in [7, 11) is 0. The Morgan fingerprint density at radius 3 is 2.46 bits per heavy atom. The molecule has 0 saturated carbocycles. The zero-order valence-electron chi connectivity index (χ0n) is 7.07. The van der Waals surface area contributed by atoms with Crippen molar-refractivity contribution in [2.75, 3.05) is 0 Å². The fourth-order valence-corrected chi connectivity index (χ4v) is 1.10. The molecule has 1 rings (SSSR count). The molecule has 0 aliphatic heterocycles. The van der Waals surface area contributed by atoms with Gasteiger partial charge in [0.25, 0.3) is 0 Å². The third kappa shape index (κ3) is 2.56. The highest BCUT2D eigenvalue weighted by atomic mass is 32.1. The van der Waals surface area contributed by atoms with Gasteiger partial charge in [0.05, 0.1) is 0 Å². The van der Waals surface area contributed by atoms with Gasteiger partial charge in [0, 0.05) is 22.9 Å². The molecule has 0 amide bonds. The second kappa shape index (κ2) is 4.62. The lowest BCUT2D eigenvalue weighted by atomic mass is 10.1. The molecule has 13 heavy (non-hydrogen) atoms. The van der Waals surface area contributed by atoms with Crippen LogP contribution in [0.1, 0.15) is 5.56 Å². The largest absolute Gasteiger partial charge is 0.308 e. The molecule has 0 aromatic heterocycles. The number of hydrogen-bond acceptors (Lipinski definition) is 3. The summed E-state index contributed by atoms with van der Waals surface area (Å²) >= 11 is 4.17. The molecule has 0 radical (unpaired) electrons. The molecule has 0 saturated heterocycles. The van der Waals surface area contributed by atoms with Crippen LogP contribution in [0.25, 0.3) is 5.57 Å². The second-order valence-corrected chi connectivity index (χ2v) is 2.97. The predicted octanol–water partition coefficient (Wildman–Crippen LogP) is 2.67. The fourth-order valence-electron chi connectivity index (χ4n) is 0.947. The molecule has 66 valence electrons. The van der Waals surface area contributed by atoms with E-state index in [2.05, 4.69) is 24.3 Å². The number of thiol groups is 1. The van der Waals surface area contributed by atoms with E-state index in [9.17, 15) is 0 Å². The molecule has 0 unspecified atom stereocenters. The van der Waals surface area contributed by atoms with Gasteiger partial charge in [-0.15, -0.1) is 12.6 Å². The number of aliphatic imine (C=N–C) groups is 1. The van der Waals surface area contributed by atoms with Crippen LogP contribution < -0.4 is 0 Å². The molecule has 1 aromatic rings. The molecule has 0 atom stereocenters. The Bertz CT molecular complexity index is 338. The maximum absolute atomic E-state index is 7.15. The van der Waals surface area contributed by atoms with Gasteiger partial charge in [-0.2, -0.15) is 0 Å². The second-order valence-electron chi connectivity index (χ2n) is 2.46. The Morgan fingerprint density at radius 1 is 1.38 bits per heavy atom. The summed E-state index contributed by atoms with van der Waals surface area (Å²) in [6, 6.07) is 7.53. The van der Waals surface area contributed by atoms with Crippen LogP contribution >= 0.6 is 12.6 Å². The van der Waals surface area contributed by atoms with Gasteiger partial charge in [0.15, 0.2) is 0 Å². The van der Waals surface area contributed by atoms with Crippen LogP contribution in [0.2, 0.25) is 0 Å². The standard InChI is InChI=1S/C10H10N2S/c1-12-7-9(6-11)8-2-4-10(13)5-3-8/h2-7,11,13H,1H2/b9-7+,11-6?. The first-order valence-electron chi connectivity index (χ1n) is 3.74. The van der Waals surface area contributed by atoms with E-state index in [1.165, 1.54) is 6.21 Å². The van der Waals surface area contributed by atoms with Gasteiger partial charge in [0.1, 0.15) is 0 Å². The van der Waals surface area contributed by atoms with Crippen LogP contribution in [0, 0.1) is 5.41 Å². The Balaban J connectivity index is 3.06. The first-order chi connectivity index (χ1) is 6.27. The number of hydrogen-bond donors (Lipinski definition) is 2. The van der Waals surface area contributed by atoms with Crippen molar-refractivity contribution < 1.29 is 0 Å². The van der Waals surface area contributed by atoms with Crippen LogP contribution in [0.15, 0.2) is 40.4 Å². The first kappa shape index (κ1) is 9.74. The molecular weight excluding hydrogens is 180 g/mol. The fraction of sp³-hybridized carbons (Fsp3) is 0. The van der Waals surface area contributed by atoms with Crippen LogP contribution in [-0.4, -0.2) is 12.9 Å². The Hall–Kier alpha value is -1.35. The van der Waals surface area contributed by atoms with E-state index in [0.717, 1.165) is 16.0 Å². The summed E-state index contributed by atoms with van der Waals surface area (Å²) < 4.78 is 0. The zero-order chi connectivity index (χ0) is 9.68. The van der Waals surface area contributed by atoms with Crippen molar-refractivity contribution in [3.8, 4) is 0 Å². The molecule has 0 fully saturated rings. The predicted molar refractivity (Wildman–Crippen MR) is 60.0 cm³/mol. The minimum absolute atomic E-state index is 0.739. The Labute approximate surface area is 82.9 Å². The molecule has 0 aliphatic rings. The number of nitrogens with zero attached hydrogens (tertiary/aromatic N) is 1. The van der Waals surface area contributed by atoms with Crippen LogP contribution in [-0.2, 0) is 0 Å². The third-order valence-corrected chi connectivity index (χ3v) is 1.88. The van der Waals surface area contributed by atoms with Gasteiger partial charge in [0.2, 0.25) is 0 Å². The van der Waals surface area contributed by atoms with Crippen LogP contribution in [0.5, 0.6) is 0 Å². The van der Waals surface area contributed by atoms with E-state index in [1.54, 1.807) is 6.20 Å². The Morgan fingerprint density at radius 2 is 2.00 bits per heavy atom. The summed E-state index contributed by atoms with van der Waals surface area (Å²) in [4.78, 5) is 4.53. The average molecular weight is 190 g/mol. The van der Waals surface area contributed by atoms with Crippen molar-refractivity contribution in [1.29, 1.82) is 5.41 Å². The highest BCUT2D eigenvalue weighted by Crippen LogP contribution is 2.14. The molecule has 0 spiro atoms. The van der Waals surface area contributed by atoms with Gasteiger partial charge in [-0.25, -0.2) is 0 Å². The maximum atomic E-state index is 7.15. The monoisotopic (exact) mass is 190 g/mol. The van der Waals surface area contributed by atoms with Crippen molar-refractivity contribution >= 4 is 31.1 Å². The molecular formula is C10H10N2S. The minimum Gasteiger partial charge on any atom is -0.308 e. The molecule has 0 aliphatic carbocycles. The zero-order valence-corrected chi connectivity index (χ0v) is 7.96. The molecule has 3 heteroatoms. The molecule has 0 bridgehead atoms. The normalized spacial score (nSPS) is 11.0.